The summed E-state index contributed by atoms with van der Waals surface area (Å²) in [5, 5.41) is 0. The maximum absolute atomic E-state index is 12.8. The molecule has 38 heavy (non-hydrogen) atoms. The number of aryl methyl sites for hydroxylation is 1. The van der Waals surface area contributed by atoms with Gasteiger partial charge < -0.3 is 4.18 Å². The summed E-state index contributed by atoms with van der Waals surface area (Å²) in [5.41, 5.74) is 3.73. The topological polar surface area (TPSA) is 43.4 Å². The molecule has 0 fully saturated rings. The van der Waals surface area contributed by atoms with Crippen LogP contribution in [0.1, 0.15) is 58.2 Å². The Hall–Kier alpha value is -3.02. The van der Waals surface area contributed by atoms with E-state index in [0.29, 0.717) is 5.75 Å². The molecular weight excluding hydrogens is 508 g/mol. The van der Waals surface area contributed by atoms with Gasteiger partial charge in [-0.2, -0.15) is 8.42 Å². The maximum Gasteiger partial charge on any atom is 0.339 e. The average molecular weight is 546 g/mol. The van der Waals surface area contributed by atoms with Gasteiger partial charge >= 0.3 is 10.1 Å². The first-order valence-corrected chi connectivity index (χ1v) is 15.4. The molecular formula is C33H37O3S2+. The average Bonchev–Trinajstić information content (AvgIpc) is 2.85. The van der Waals surface area contributed by atoms with E-state index < -0.39 is 10.1 Å². The van der Waals surface area contributed by atoms with Crippen molar-refractivity contribution in [2.75, 3.05) is 0 Å². The molecule has 0 amide bonds. The van der Waals surface area contributed by atoms with E-state index in [1.807, 2.05) is 19.1 Å². The second-order valence-corrected chi connectivity index (χ2v) is 15.2. The summed E-state index contributed by atoms with van der Waals surface area (Å²) >= 11 is 0. The lowest BCUT2D eigenvalue weighted by Crippen LogP contribution is -2.13. The molecule has 4 rings (SSSR count). The van der Waals surface area contributed by atoms with Gasteiger partial charge in [-0.3, -0.25) is 0 Å². The van der Waals surface area contributed by atoms with E-state index in [0.717, 1.165) is 10.5 Å². The second-order valence-electron chi connectivity index (χ2n) is 11.7. The Bertz CT molecular complexity index is 1410. The maximum atomic E-state index is 12.8. The standard InChI is InChI=1S/C33H37O3S2/c1-24-8-22-31(23-9-24)38(34,35)36-27-14-20-30(21-15-27)37(28-16-10-25(11-17-28)32(2,3)4)29-18-12-26(13-19-29)33(5,6)7/h8-23H,1-7H3/q+1. The number of hydrogen-bond donors (Lipinski definition) is 0. The first-order chi connectivity index (χ1) is 17.7. The molecule has 0 N–H and O–H groups in total. The van der Waals surface area contributed by atoms with Gasteiger partial charge in [0.05, 0.1) is 10.9 Å². The van der Waals surface area contributed by atoms with Crippen molar-refractivity contribution in [2.45, 2.75) is 78.9 Å². The Labute approximate surface area is 231 Å². The fourth-order valence-electron chi connectivity index (χ4n) is 4.10. The SMILES string of the molecule is Cc1ccc(S(=O)(=O)Oc2ccc([S+](c3ccc(C(C)(C)C)cc3)c3ccc(C(C)(C)C)cc3)cc2)cc1. The fourth-order valence-corrected chi connectivity index (χ4v) is 7.07. The molecule has 0 radical (unpaired) electrons. The molecule has 0 saturated heterocycles. The van der Waals surface area contributed by atoms with Crippen LogP contribution in [0.4, 0.5) is 0 Å². The zero-order valence-electron chi connectivity index (χ0n) is 23.3. The van der Waals surface area contributed by atoms with Gasteiger partial charge in [0, 0.05) is 0 Å². The van der Waals surface area contributed by atoms with Crippen LogP contribution in [0.15, 0.2) is 117 Å². The zero-order chi connectivity index (χ0) is 27.7. The van der Waals surface area contributed by atoms with Gasteiger partial charge in [0.25, 0.3) is 0 Å². The lowest BCUT2D eigenvalue weighted by Gasteiger charge is -2.20. The van der Waals surface area contributed by atoms with E-state index in [2.05, 4.69) is 90.1 Å². The van der Waals surface area contributed by atoms with Crippen LogP contribution in [0.25, 0.3) is 0 Å². The summed E-state index contributed by atoms with van der Waals surface area (Å²) in [4.78, 5) is 3.66. The van der Waals surface area contributed by atoms with Gasteiger partial charge in [-0.1, -0.05) is 83.5 Å². The van der Waals surface area contributed by atoms with Crippen molar-refractivity contribution < 1.29 is 12.6 Å². The van der Waals surface area contributed by atoms with Crippen LogP contribution in [0.2, 0.25) is 0 Å². The van der Waals surface area contributed by atoms with Crippen molar-refractivity contribution in [1.82, 2.24) is 0 Å². The lowest BCUT2D eigenvalue weighted by molar-refractivity contribution is 0.486. The molecule has 198 valence electrons. The molecule has 0 unspecified atom stereocenters. The van der Waals surface area contributed by atoms with Crippen molar-refractivity contribution in [2.24, 2.45) is 0 Å². The minimum Gasteiger partial charge on any atom is -0.379 e. The number of hydrogen-bond acceptors (Lipinski definition) is 3. The largest absolute Gasteiger partial charge is 0.379 e. The van der Waals surface area contributed by atoms with Crippen molar-refractivity contribution >= 4 is 21.0 Å². The van der Waals surface area contributed by atoms with E-state index >= 15 is 0 Å². The molecule has 4 aromatic rings. The minimum atomic E-state index is -3.90. The smallest absolute Gasteiger partial charge is 0.339 e. The Kier molecular flexibility index (Phi) is 7.83. The second kappa shape index (κ2) is 10.6. The molecule has 5 heteroatoms. The van der Waals surface area contributed by atoms with Gasteiger partial charge in [-0.05, 0) is 89.5 Å². The molecule has 3 nitrogen and oxygen atoms in total. The Morgan fingerprint density at radius 2 is 0.921 bits per heavy atom. The van der Waals surface area contributed by atoms with Gasteiger partial charge in [0.15, 0.2) is 14.7 Å². The highest BCUT2D eigenvalue weighted by atomic mass is 32.2. The quantitative estimate of drug-likeness (QED) is 0.180. The Morgan fingerprint density at radius 1 is 0.553 bits per heavy atom. The molecule has 0 aliphatic rings. The molecule has 0 saturated carbocycles. The van der Waals surface area contributed by atoms with Crippen LogP contribution >= 0.6 is 0 Å². The van der Waals surface area contributed by atoms with Crippen LogP contribution < -0.4 is 4.18 Å². The van der Waals surface area contributed by atoms with Crippen molar-refractivity contribution in [3.63, 3.8) is 0 Å². The summed E-state index contributed by atoms with van der Waals surface area (Å²) in [6.45, 7) is 15.2. The highest BCUT2D eigenvalue weighted by Crippen LogP contribution is 2.35. The third-order valence-electron chi connectivity index (χ3n) is 6.49. The first kappa shape index (κ1) is 28.0. The van der Waals surface area contributed by atoms with Crippen LogP contribution in [0, 0.1) is 6.92 Å². The molecule has 0 bridgehead atoms. The van der Waals surface area contributed by atoms with Crippen molar-refractivity contribution in [3.8, 4) is 5.75 Å². The molecule has 0 atom stereocenters. The van der Waals surface area contributed by atoms with E-state index in [-0.39, 0.29) is 26.6 Å². The highest BCUT2D eigenvalue weighted by molar-refractivity contribution is 7.97. The molecule has 4 aromatic carbocycles. The Balaban J connectivity index is 1.69. The predicted octanol–water partition coefficient (Wildman–Crippen LogP) is 8.45. The van der Waals surface area contributed by atoms with Crippen LogP contribution in [-0.4, -0.2) is 8.42 Å². The third-order valence-corrected chi connectivity index (χ3v) is 9.98. The molecule has 0 spiro atoms. The summed E-state index contributed by atoms with van der Waals surface area (Å²) < 4.78 is 31.0. The summed E-state index contributed by atoms with van der Waals surface area (Å²) in [7, 11) is -4.26. The van der Waals surface area contributed by atoms with E-state index in [4.69, 9.17) is 4.18 Å². The first-order valence-electron chi connectivity index (χ1n) is 12.8. The van der Waals surface area contributed by atoms with E-state index in [1.165, 1.54) is 20.9 Å². The van der Waals surface area contributed by atoms with Gasteiger partial charge in [-0.15, -0.1) is 0 Å². The van der Waals surface area contributed by atoms with Gasteiger partial charge in [0.2, 0.25) is 0 Å². The lowest BCUT2D eigenvalue weighted by atomic mass is 9.87. The molecule has 0 heterocycles. The Morgan fingerprint density at radius 3 is 1.29 bits per heavy atom. The number of benzene rings is 4. The third kappa shape index (κ3) is 6.51. The predicted molar refractivity (Wildman–Crippen MR) is 158 cm³/mol. The monoisotopic (exact) mass is 545 g/mol. The molecule has 0 aromatic heterocycles. The molecule has 0 aliphatic carbocycles. The van der Waals surface area contributed by atoms with Gasteiger partial charge in [0.1, 0.15) is 10.6 Å². The summed E-state index contributed by atoms with van der Waals surface area (Å²) in [6, 6.07) is 31.8. The molecule has 0 aliphatic heterocycles. The highest BCUT2D eigenvalue weighted by Gasteiger charge is 2.30. The van der Waals surface area contributed by atoms with E-state index in [1.54, 1.807) is 36.4 Å². The van der Waals surface area contributed by atoms with Crippen LogP contribution in [-0.2, 0) is 31.8 Å². The van der Waals surface area contributed by atoms with E-state index in [9.17, 15) is 8.42 Å². The van der Waals surface area contributed by atoms with Crippen LogP contribution in [0.5, 0.6) is 5.75 Å². The number of rotatable bonds is 6. The summed E-state index contributed by atoms with van der Waals surface area (Å²) in [5.74, 6) is 0.295. The fraction of sp³-hybridized carbons (Fsp3) is 0.273. The zero-order valence-corrected chi connectivity index (χ0v) is 24.9. The van der Waals surface area contributed by atoms with Crippen molar-refractivity contribution in [1.29, 1.82) is 0 Å². The van der Waals surface area contributed by atoms with Crippen LogP contribution in [0.3, 0.4) is 0 Å². The summed E-state index contributed by atoms with van der Waals surface area (Å²) in [6.07, 6.45) is 0. The normalized spacial score (nSPS) is 12.5. The van der Waals surface area contributed by atoms with Gasteiger partial charge in [-0.25, -0.2) is 0 Å². The minimum absolute atomic E-state index is 0.0768. The van der Waals surface area contributed by atoms with Crippen molar-refractivity contribution in [3.05, 3.63) is 114 Å².